The SMILES string of the molecule is C1=CC2Oc3cc(-c4ccc5c(c4)c4c6c7ccccc7n(C7=CC=C(c8ccccc8-c8ccccc8)CC7)c6ccc4n5-c4ccc5c(c4)oc4ccccc45)ccc3C2C=C1. The minimum atomic E-state index is 0.0526. The fourth-order valence-electron chi connectivity index (χ4n) is 11.1. The summed E-state index contributed by atoms with van der Waals surface area (Å²) in [4.78, 5) is 0. The third-order valence-corrected chi connectivity index (χ3v) is 14.0. The standard InChI is InChI=1S/C60H40N2O2/c1-2-12-37(13-3-1)43-14-4-5-15-44(43)38-22-26-41(27-23-38)61-51-19-9-6-18-49(51)59-53(61)32-33-54-60(59)50-34-39(40-24-29-47-45-16-7-10-20-55(45)63-57(47)35-40)25-31-52(50)62(54)42-28-30-48-46-17-8-11-21-56(46)64-58(48)36-42/h1-22,24-26,28-36,45,55H,23,27H2. The van der Waals surface area contributed by atoms with Gasteiger partial charge in [0.1, 0.15) is 23.0 Å². The van der Waals surface area contributed by atoms with Crippen molar-refractivity contribution in [2.45, 2.75) is 24.9 Å². The number of fused-ring (bicyclic) bond motifs is 13. The van der Waals surface area contributed by atoms with Crippen LogP contribution in [0.3, 0.4) is 0 Å². The van der Waals surface area contributed by atoms with Crippen LogP contribution in [0.2, 0.25) is 0 Å². The maximum Gasteiger partial charge on any atom is 0.137 e. The average molecular weight is 821 g/mol. The van der Waals surface area contributed by atoms with E-state index >= 15 is 0 Å². The van der Waals surface area contributed by atoms with E-state index in [9.17, 15) is 0 Å². The lowest BCUT2D eigenvalue weighted by Crippen LogP contribution is -2.15. The Kier molecular flexibility index (Phi) is 7.61. The molecule has 0 fully saturated rings. The normalized spacial score (nSPS) is 16.8. The van der Waals surface area contributed by atoms with E-state index in [-0.39, 0.29) is 12.0 Å². The van der Waals surface area contributed by atoms with Crippen molar-refractivity contribution in [2.75, 3.05) is 0 Å². The molecule has 4 nitrogen and oxygen atoms in total. The van der Waals surface area contributed by atoms with Crippen molar-refractivity contribution in [1.82, 2.24) is 9.13 Å². The van der Waals surface area contributed by atoms with Gasteiger partial charge in [0.05, 0.1) is 22.1 Å². The number of nitrogens with zero attached hydrogens (tertiary/aromatic N) is 2. The summed E-state index contributed by atoms with van der Waals surface area (Å²) in [5.74, 6) is 1.23. The zero-order valence-corrected chi connectivity index (χ0v) is 34.9. The zero-order valence-electron chi connectivity index (χ0n) is 34.9. The van der Waals surface area contributed by atoms with Crippen LogP contribution in [0.25, 0.3) is 105 Å². The molecule has 4 heterocycles. The maximum absolute atomic E-state index is 6.51. The van der Waals surface area contributed by atoms with Crippen LogP contribution in [0.1, 0.15) is 29.9 Å². The van der Waals surface area contributed by atoms with E-state index in [0.29, 0.717) is 0 Å². The van der Waals surface area contributed by atoms with E-state index in [0.717, 1.165) is 68.4 Å². The largest absolute Gasteiger partial charge is 0.485 e. The molecule has 64 heavy (non-hydrogen) atoms. The van der Waals surface area contributed by atoms with E-state index in [1.165, 1.54) is 66.1 Å². The number of allylic oxidation sites excluding steroid dienone is 6. The first kappa shape index (κ1) is 35.5. The molecule has 2 unspecified atom stereocenters. The molecule has 1 aliphatic heterocycles. The molecule has 302 valence electrons. The Bertz CT molecular complexity index is 3890. The second-order valence-electron chi connectivity index (χ2n) is 17.4. The Labute approximate surface area is 369 Å². The van der Waals surface area contributed by atoms with Crippen LogP contribution in [-0.2, 0) is 0 Å². The molecule has 0 N–H and O–H groups in total. The summed E-state index contributed by atoms with van der Waals surface area (Å²) >= 11 is 0. The highest BCUT2D eigenvalue weighted by Gasteiger charge is 2.32. The van der Waals surface area contributed by atoms with Crippen LogP contribution in [-0.4, -0.2) is 15.2 Å². The third kappa shape index (κ3) is 5.23. The molecule has 4 heteroatoms. The van der Waals surface area contributed by atoms with Crippen molar-refractivity contribution >= 4 is 76.8 Å². The van der Waals surface area contributed by atoms with Crippen molar-refractivity contribution in [3.8, 4) is 33.7 Å². The average Bonchev–Trinajstić information content (AvgIpc) is 4.11. The summed E-state index contributed by atoms with van der Waals surface area (Å²) in [5.41, 5.74) is 17.7. The molecule has 2 atom stereocenters. The molecule has 0 saturated carbocycles. The van der Waals surface area contributed by atoms with Crippen molar-refractivity contribution in [3.63, 3.8) is 0 Å². The molecule has 2 aliphatic carbocycles. The van der Waals surface area contributed by atoms with Crippen molar-refractivity contribution in [3.05, 3.63) is 217 Å². The fraction of sp³-hybridized carbons (Fsp3) is 0.0667. The van der Waals surface area contributed by atoms with Gasteiger partial charge in [0.2, 0.25) is 0 Å². The first-order valence-electron chi connectivity index (χ1n) is 22.4. The summed E-state index contributed by atoms with van der Waals surface area (Å²) in [5, 5.41) is 7.23. The minimum Gasteiger partial charge on any atom is -0.485 e. The molecule has 0 radical (unpaired) electrons. The number of hydrogen-bond donors (Lipinski definition) is 0. The van der Waals surface area contributed by atoms with Crippen molar-refractivity contribution < 1.29 is 9.15 Å². The van der Waals surface area contributed by atoms with Crippen molar-refractivity contribution in [2.24, 2.45) is 0 Å². The number of hydrogen-bond acceptors (Lipinski definition) is 2. The Hall–Kier alpha value is -8.08. The van der Waals surface area contributed by atoms with E-state index < -0.39 is 0 Å². The zero-order chi connectivity index (χ0) is 41.9. The molecule has 0 amide bonds. The highest BCUT2D eigenvalue weighted by molar-refractivity contribution is 6.29. The Morgan fingerprint density at radius 3 is 2.05 bits per heavy atom. The van der Waals surface area contributed by atoms with Crippen LogP contribution < -0.4 is 4.74 Å². The van der Waals surface area contributed by atoms with Gasteiger partial charge < -0.3 is 18.3 Å². The molecule has 0 bridgehead atoms. The summed E-state index contributed by atoms with van der Waals surface area (Å²) in [6.45, 7) is 0. The van der Waals surface area contributed by atoms with E-state index in [1.807, 2.05) is 6.07 Å². The van der Waals surface area contributed by atoms with E-state index in [1.54, 1.807) is 0 Å². The number of aromatic nitrogens is 2. The Morgan fingerprint density at radius 1 is 0.453 bits per heavy atom. The number of ether oxygens (including phenoxy) is 1. The molecule has 0 saturated heterocycles. The van der Waals surface area contributed by atoms with Gasteiger partial charge >= 0.3 is 0 Å². The van der Waals surface area contributed by atoms with E-state index in [4.69, 9.17) is 9.15 Å². The first-order valence-corrected chi connectivity index (χ1v) is 22.4. The fourth-order valence-corrected chi connectivity index (χ4v) is 11.1. The van der Waals surface area contributed by atoms with Crippen LogP contribution in [0.15, 0.2) is 211 Å². The molecule has 14 rings (SSSR count). The highest BCUT2D eigenvalue weighted by Crippen LogP contribution is 2.47. The minimum absolute atomic E-state index is 0.0526. The second-order valence-corrected chi connectivity index (χ2v) is 17.4. The first-order chi connectivity index (χ1) is 31.7. The molecule has 0 spiro atoms. The molecule has 3 aromatic heterocycles. The van der Waals surface area contributed by atoms with Gasteiger partial charge in [-0.3, -0.25) is 0 Å². The van der Waals surface area contributed by atoms with Crippen LogP contribution >= 0.6 is 0 Å². The van der Waals surface area contributed by atoms with Crippen LogP contribution in [0.5, 0.6) is 5.75 Å². The summed E-state index contributed by atoms with van der Waals surface area (Å²) in [6, 6.07) is 62.0. The van der Waals surface area contributed by atoms with Gasteiger partial charge in [0.15, 0.2) is 0 Å². The van der Waals surface area contributed by atoms with Gasteiger partial charge in [-0.2, -0.15) is 0 Å². The predicted molar refractivity (Wildman–Crippen MR) is 265 cm³/mol. The monoisotopic (exact) mass is 820 g/mol. The molecule has 3 aliphatic rings. The lowest BCUT2D eigenvalue weighted by molar-refractivity contribution is 0.269. The summed E-state index contributed by atoms with van der Waals surface area (Å²) in [6.07, 6.45) is 15.3. The lowest BCUT2D eigenvalue weighted by Gasteiger charge is -2.20. The van der Waals surface area contributed by atoms with E-state index in [2.05, 4.69) is 209 Å². The second kappa shape index (κ2) is 13.7. The number of furan rings is 1. The molecule has 8 aromatic carbocycles. The molecular weight excluding hydrogens is 781 g/mol. The van der Waals surface area contributed by atoms with Gasteiger partial charge in [-0.15, -0.1) is 0 Å². The van der Waals surface area contributed by atoms with Gasteiger partial charge in [0.25, 0.3) is 0 Å². The highest BCUT2D eigenvalue weighted by atomic mass is 16.5. The lowest BCUT2D eigenvalue weighted by atomic mass is 9.89. The summed E-state index contributed by atoms with van der Waals surface area (Å²) in [7, 11) is 0. The van der Waals surface area contributed by atoms with Gasteiger partial charge in [-0.1, -0.05) is 133 Å². The Balaban J connectivity index is 0.987. The molecular formula is C60H40N2O2. The van der Waals surface area contributed by atoms with Crippen molar-refractivity contribution in [1.29, 1.82) is 0 Å². The van der Waals surface area contributed by atoms with Gasteiger partial charge in [-0.25, -0.2) is 0 Å². The van der Waals surface area contributed by atoms with Gasteiger partial charge in [-0.05, 0) is 113 Å². The maximum atomic E-state index is 6.51. The van der Waals surface area contributed by atoms with Crippen LogP contribution in [0.4, 0.5) is 0 Å². The number of para-hydroxylation sites is 2. The van der Waals surface area contributed by atoms with Crippen LogP contribution in [0, 0.1) is 0 Å². The molecule has 11 aromatic rings. The smallest absolute Gasteiger partial charge is 0.137 e. The Morgan fingerprint density at radius 2 is 1.16 bits per heavy atom. The number of rotatable bonds is 5. The summed E-state index contributed by atoms with van der Waals surface area (Å²) < 4.78 is 17.9. The quantitative estimate of drug-likeness (QED) is 0.173. The predicted octanol–water partition coefficient (Wildman–Crippen LogP) is 15.8. The topological polar surface area (TPSA) is 32.2 Å². The third-order valence-electron chi connectivity index (χ3n) is 14.0. The van der Waals surface area contributed by atoms with Gasteiger partial charge in [0, 0.05) is 61.2 Å². The number of benzene rings is 8.